The standard InChI is InChI=1S/C20H29N3O5S/c1-20(2,3)28-19(25)22-10-7-14(8-11-22)18(24)23-12-9-15-13-16(5-6-17(15)23)29(26,27)21-4/h5-6,13-14,21H,7-12H2,1-4H3. The number of carbonyl (C=O) groups excluding carboxylic acids is 2. The molecular weight excluding hydrogens is 394 g/mol. The zero-order valence-corrected chi connectivity index (χ0v) is 18.2. The summed E-state index contributed by atoms with van der Waals surface area (Å²) in [5.74, 6) is -0.114. The van der Waals surface area contributed by atoms with Crippen LogP contribution in [0, 0.1) is 5.92 Å². The van der Waals surface area contributed by atoms with Crippen molar-refractivity contribution in [2.24, 2.45) is 5.92 Å². The van der Waals surface area contributed by atoms with Crippen molar-refractivity contribution in [3.8, 4) is 0 Å². The van der Waals surface area contributed by atoms with E-state index in [2.05, 4.69) is 4.72 Å². The fourth-order valence-electron chi connectivity index (χ4n) is 3.75. The van der Waals surface area contributed by atoms with E-state index in [4.69, 9.17) is 4.74 Å². The molecule has 0 atom stereocenters. The van der Waals surface area contributed by atoms with Crippen LogP contribution in [0.2, 0.25) is 0 Å². The number of nitrogens with one attached hydrogen (secondary N) is 1. The predicted octanol–water partition coefficient (Wildman–Crippen LogP) is 2.13. The molecule has 0 aliphatic carbocycles. The molecule has 0 bridgehead atoms. The van der Waals surface area contributed by atoms with Crippen LogP contribution in [-0.4, -0.2) is 57.6 Å². The number of rotatable bonds is 3. The number of fused-ring (bicyclic) bond motifs is 1. The van der Waals surface area contributed by atoms with Gasteiger partial charge in [0.25, 0.3) is 0 Å². The van der Waals surface area contributed by atoms with Crippen LogP contribution in [0.3, 0.4) is 0 Å². The first-order valence-corrected chi connectivity index (χ1v) is 11.4. The van der Waals surface area contributed by atoms with Crippen molar-refractivity contribution in [1.82, 2.24) is 9.62 Å². The first kappa shape index (κ1) is 21.6. The Morgan fingerprint density at radius 1 is 1.14 bits per heavy atom. The average Bonchev–Trinajstić information content (AvgIpc) is 3.09. The molecule has 29 heavy (non-hydrogen) atoms. The Morgan fingerprint density at radius 2 is 1.79 bits per heavy atom. The van der Waals surface area contributed by atoms with E-state index in [0.29, 0.717) is 38.9 Å². The molecule has 0 radical (unpaired) electrons. The van der Waals surface area contributed by atoms with Crippen LogP contribution in [0.5, 0.6) is 0 Å². The lowest BCUT2D eigenvalue weighted by Crippen LogP contribution is -2.45. The van der Waals surface area contributed by atoms with Crippen molar-refractivity contribution in [2.75, 3.05) is 31.6 Å². The van der Waals surface area contributed by atoms with Gasteiger partial charge in [-0.1, -0.05) is 0 Å². The Morgan fingerprint density at radius 3 is 2.38 bits per heavy atom. The Bertz CT molecular complexity index is 899. The quantitative estimate of drug-likeness (QED) is 0.803. The van der Waals surface area contributed by atoms with E-state index in [0.717, 1.165) is 11.3 Å². The normalized spacial score (nSPS) is 17.9. The highest BCUT2D eigenvalue weighted by atomic mass is 32.2. The summed E-state index contributed by atoms with van der Waals surface area (Å²) < 4.78 is 31.7. The van der Waals surface area contributed by atoms with Crippen LogP contribution in [0.15, 0.2) is 23.1 Å². The third kappa shape index (κ3) is 4.72. The van der Waals surface area contributed by atoms with E-state index in [1.165, 1.54) is 13.1 Å². The smallest absolute Gasteiger partial charge is 0.410 e. The summed E-state index contributed by atoms with van der Waals surface area (Å²) in [5.41, 5.74) is 1.10. The number of hydrogen-bond donors (Lipinski definition) is 1. The van der Waals surface area contributed by atoms with Gasteiger partial charge in [0, 0.05) is 31.2 Å². The summed E-state index contributed by atoms with van der Waals surface area (Å²) in [7, 11) is -2.13. The van der Waals surface area contributed by atoms with E-state index in [1.807, 2.05) is 20.8 Å². The van der Waals surface area contributed by atoms with Gasteiger partial charge in [-0.15, -0.1) is 0 Å². The predicted molar refractivity (Wildman–Crippen MR) is 109 cm³/mol. The molecule has 1 N–H and O–H groups in total. The first-order valence-electron chi connectivity index (χ1n) is 9.87. The van der Waals surface area contributed by atoms with Crippen molar-refractivity contribution in [3.05, 3.63) is 23.8 Å². The highest BCUT2D eigenvalue weighted by molar-refractivity contribution is 7.89. The molecule has 1 aromatic carbocycles. The lowest BCUT2D eigenvalue weighted by Gasteiger charge is -2.34. The van der Waals surface area contributed by atoms with Crippen LogP contribution in [0.4, 0.5) is 10.5 Å². The summed E-state index contributed by atoms with van der Waals surface area (Å²) in [6.45, 7) is 7.03. The highest BCUT2D eigenvalue weighted by Crippen LogP contribution is 2.33. The molecule has 1 aromatic rings. The number of sulfonamides is 1. The molecule has 2 aliphatic heterocycles. The summed E-state index contributed by atoms with van der Waals surface area (Å²) in [6, 6.07) is 4.88. The van der Waals surface area contributed by atoms with Crippen molar-refractivity contribution in [1.29, 1.82) is 0 Å². The first-order chi connectivity index (χ1) is 13.5. The third-order valence-corrected chi connectivity index (χ3v) is 6.70. The second kappa shape index (κ2) is 7.95. The second-order valence-corrected chi connectivity index (χ2v) is 10.4. The molecule has 0 unspecified atom stereocenters. The SMILES string of the molecule is CNS(=O)(=O)c1ccc2c(c1)CCN2C(=O)C1CCN(C(=O)OC(C)(C)C)CC1. The molecule has 2 aliphatic rings. The van der Waals surface area contributed by atoms with Gasteiger partial charge in [-0.3, -0.25) is 4.79 Å². The fourth-order valence-corrected chi connectivity index (χ4v) is 4.53. The minimum absolute atomic E-state index is 0.0387. The van der Waals surface area contributed by atoms with Crippen molar-refractivity contribution in [3.63, 3.8) is 0 Å². The third-order valence-electron chi connectivity index (χ3n) is 5.29. The van der Waals surface area contributed by atoms with Gasteiger partial charge in [-0.25, -0.2) is 17.9 Å². The van der Waals surface area contributed by atoms with Gasteiger partial charge in [0.1, 0.15) is 5.60 Å². The second-order valence-electron chi connectivity index (χ2n) is 8.48. The lowest BCUT2D eigenvalue weighted by molar-refractivity contribution is -0.123. The van der Waals surface area contributed by atoms with Gasteiger partial charge >= 0.3 is 6.09 Å². The van der Waals surface area contributed by atoms with E-state index in [1.54, 1.807) is 21.9 Å². The molecule has 8 nitrogen and oxygen atoms in total. The van der Waals surface area contributed by atoms with Crippen molar-refractivity contribution < 1.29 is 22.7 Å². The van der Waals surface area contributed by atoms with E-state index in [-0.39, 0.29) is 22.8 Å². The molecule has 0 aromatic heterocycles. The summed E-state index contributed by atoms with van der Waals surface area (Å²) in [5, 5.41) is 0. The molecule has 2 heterocycles. The highest BCUT2D eigenvalue weighted by Gasteiger charge is 2.35. The molecule has 160 valence electrons. The fraction of sp³-hybridized carbons (Fsp3) is 0.600. The molecular formula is C20H29N3O5S. The Kier molecular flexibility index (Phi) is 5.91. The van der Waals surface area contributed by atoms with E-state index in [9.17, 15) is 18.0 Å². The molecule has 1 fully saturated rings. The van der Waals surface area contributed by atoms with Gasteiger partial charge in [-0.2, -0.15) is 0 Å². The Hall–Kier alpha value is -2.13. The number of hydrogen-bond acceptors (Lipinski definition) is 5. The summed E-state index contributed by atoms with van der Waals surface area (Å²) in [4.78, 5) is 28.9. The van der Waals surface area contributed by atoms with E-state index < -0.39 is 15.6 Å². The number of anilines is 1. The van der Waals surface area contributed by atoms with Crippen LogP contribution in [0.1, 0.15) is 39.2 Å². The van der Waals surface area contributed by atoms with Crippen LogP contribution < -0.4 is 9.62 Å². The maximum atomic E-state index is 13.1. The molecule has 9 heteroatoms. The zero-order chi connectivity index (χ0) is 21.4. The largest absolute Gasteiger partial charge is 0.444 e. The van der Waals surface area contributed by atoms with Gasteiger partial charge in [0.2, 0.25) is 15.9 Å². The molecule has 2 amide bonds. The van der Waals surface area contributed by atoms with Gasteiger partial charge < -0.3 is 14.5 Å². The number of carbonyl (C=O) groups is 2. The van der Waals surface area contributed by atoms with Crippen molar-refractivity contribution in [2.45, 2.75) is 50.5 Å². The number of benzene rings is 1. The zero-order valence-electron chi connectivity index (χ0n) is 17.4. The number of piperidine rings is 1. The van der Waals surface area contributed by atoms with Crippen LogP contribution in [-0.2, 0) is 26.0 Å². The maximum absolute atomic E-state index is 13.1. The van der Waals surface area contributed by atoms with Crippen molar-refractivity contribution >= 4 is 27.7 Å². The van der Waals surface area contributed by atoms with Gasteiger partial charge in [0.05, 0.1) is 4.90 Å². The number of amides is 2. The summed E-state index contributed by atoms with van der Waals surface area (Å²) in [6.07, 6.45) is 1.48. The Balaban J connectivity index is 1.65. The van der Waals surface area contributed by atoms with Gasteiger partial charge in [0.15, 0.2) is 0 Å². The summed E-state index contributed by atoms with van der Waals surface area (Å²) >= 11 is 0. The minimum Gasteiger partial charge on any atom is -0.444 e. The van der Waals surface area contributed by atoms with Crippen LogP contribution >= 0.6 is 0 Å². The monoisotopic (exact) mass is 423 g/mol. The minimum atomic E-state index is -3.51. The number of likely N-dealkylation sites (tertiary alicyclic amines) is 1. The average molecular weight is 424 g/mol. The molecule has 1 saturated heterocycles. The van der Waals surface area contributed by atoms with Crippen LogP contribution in [0.25, 0.3) is 0 Å². The van der Waals surface area contributed by atoms with Gasteiger partial charge in [-0.05, 0) is 70.8 Å². The maximum Gasteiger partial charge on any atom is 0.410 e. The topological polar surface area (TPSA) is 96.0 Å². The number of ether oxygens (including phenoxy) is 1. The van der Waals surface area contributed by atoms with E-state index >= 15 is 0 Å². The Labute approximate surface area is 172 Å². The number of nitrogens with zero attached hydrogens (tertiary/aromatic N) is 2. The molecule has 0 spiro atoms. The molecule has 3 rings (SSSR count). The molecule has 0 saturated carbocycles. The lowest BCUT2D eigenvalue weighted by atomic mass is 9.95.